The SMILES string of the molecule is [2H]C([2H])([2H])c1ccc2c(n1)oc1c(-c3cc(-c4ccc(-c5ccc(CC(C)(C)C)cc5C([2H])([2H])[2H])cc4C([2H])([2H])[2H])c(C([2H])([2H])[2H])cn3)cccc12. The molecule has 0 aliphatic rings. The Morgan fingerprint density at radius 2 is 1.55 bits per heavy atom. The molecule has 6 rings (SSSR count). The highest BCUT2D eigenvalue weighted by atomic mass is 16.3. The summed E-state index contributed by atoms with van der Waals surface area (Å²) in [6.07, 6.45) is 1.83. The van der Waals surface area contributed by atoms with Crippen LogP contribution in [-0.4, -0.2) is 9.97 Å². The van der Waals surface area contributed by atoms with Crippen molar-refractivity contribution < 1.29 is 20.9 Å². The Hall–Kier alpha value is -4.24. The molecule has 40 heavy (non-hydrogen) atoms. The highest BCUT2D eigenvalue weighted by molar-refractivity contribution is 6.08. The summed E-state index contributed by atoms with van der Waals surface area (Å²) in [7, 11) is 0. The molecule has 0 spiro atoms. The van der Waals surface area contributed by atoms with E-state index in [0.29, 0.717) is 39.5 Å². The number of aryl methyl sites for hydroxylation is 4. The quantitative estimate of drug-likeness (QED) is 0.225. The summed E-state index contributed by atoms with van der Waals surface area (Å²) < 4.78 is 105. The molecule has 0 unspecified atom stereocenters. The van der Waals surface area contributed by atoms with Gasteiger partial charge in [0.25, 0.3) is 0 Å². The molecule has 0 N–H and O–H groups in total. The summed E-state index contributed by atoms with van der Waals surface area (Å²) >= 11 is 0. The van der Waals surface area contributed by atoms with E-state index < -0.39 is 27.4 Å². The van der Waals surface area contributed by atoms with Crippen LogP contribution in [0.4, 0.5) is 0 Å². The largest absolute Gasteiger partial charge is 0.437 e. The average molecular weight is 537 g/mol. The number of hydrogen-bond acceptors (Lipinski definition) is 3. The van der Waals surface area contributed by atoms with Crippen LogP contribution in [0, 0.1) is 32.8 Å². The van der Waals surface area contributed by atoms with Crippen molar-refractivity contribution in [3.63, 3.8) is 0 Å². The van der Waals surface area contributed by atoms with Gasteiger partial charge in [-0.3, -0.25) is 4.98 Å². The zero-order valence-electron chi connectivity index (χ0n) is 34.5. The van der Waals surface area contributed by atoms with Crippen LogP contribution in [0.25, 0.3) is 55.6 Å². The van der Waals surface area contributed by atoms with Gasteiger partial charge < -0.3 is 4.42 Å². The van der Waals surface area contributed by atoms with Crippen molar-refractivity contribution in [1.82, 2.24) is 9.97 Å². The van der Waals surface area contributed by atoms with Crippen LogP contribution in [-0.2, 0) is 6.42 Å². The molecule has 0 amide bonds. The van der Waals surface area contributed by atoms with Crippen molar-refractivity contribution in [1.29, 1.82) is 0 Å². The summed E-state index contributed by atoms with van der Waals surface area (Å²) in [4.78, 5) is 8.70. The van der Waals surface area contributed by atoms with Crippen LogP contribution in [0.1, 0.15) is 65.2 Å². The van der Waals surface area contributed by atoms with Crippen molar-refractivity contribution >= 4 is 22.1 Å². The Morgan fingerprint density at radius 3 is 2.35 bits per heavy atom. The minimum atomic E-state index is -2.72. The van der Waals surface area contributed by atoms with E-state index in [1.807, 2.05) is 6.07 Å². The Kier molecular flexibility index (Phi) is 3.78. The van der Waals surface area contributed by atoms with E-state index in [0.717, 1.165) is 5.56 Å². The second-order valence-corrected chi connectivity index (χ2v) is 11.3. The van der Waals surface area contributed by atoms with E-state index in [-0.39, 0.29) is 50.3 Å². The lowest BCUT2D eigenvalue weighted by molar-refractivity contribution is 0.411. The Morgan fingerprint density at radius 1 is 0.725 bits per heavy atom. The minimum Gasteiger partial charge on any atom is -0.437 e. The molecule has 3 aromatic heterocycles. The van der Waals surface area contributed by atoms with E-state index in [1.54, 1.807) is 42.5 Å². The lowest BCUT2D eigenvalue weighted by Crippen LogP contribution is -2.09. The van der Waals surface area contributed by atoms with Crippen LogP contribution >= 0.6 is 0 Å². The molecule has 0 atom stereocenters. The molecule has 0 radical (unpaired) electrons. The second-order valence-electron chi connectivity index (χ2n) is 11.3. The van der Waals surface area contributed by atoms with Crippen LogP contribution in [0.3, 0.4) is 0 Å². The van der Waals surface area contributed by atoms with Crippen molar-refractivity contribution in [2.24, 2.45) is 5.41 Å². The predicted octanol–water partition coefficient (Wildman–Crippen LogP) is 10.2. The van der Waals surface area contributed by atoms with Crippen molar-refractivity contribution in [2.45, 2.75) is 54.6 Å². The van der Waals surface area contributed by atoms with Crippen molar-refractivity contribution in [3.05, 3.63) is 107 Å². The number of nitrogens with zero attached hydrogens (tertiary/aromatic N) is 2. The third-order valence-electron chi connectivity index (χ3n) is 6.98. The van der Waals surface area contributed by atoms with E-state index in [4.69, 9.17) is 20.9 Å². The molecule has 0 bridgehead atoms. The zero-order chi connectivity index (χ0) is 38.2. The van der Waals surface area contributed by atoms with Crippen molar-refractivity contribution in [3.8, 4) is 33.5 Å². The molecule has 200 valence electrons. The summed E-state index contributed by atoms with van der Waals surface area (Å²) in [5.41, 5.74) is 2.51. The summed E-state index contributed by atoms with van der Waals surface area (Å²) in [5.74, 6) is 0. The summed E-state index contributed by atoms with van der Waals surface area (Å²) in [6, 6.07) is 19.5. The van der Waals surface area contributed by atoms with Gasteiger partial charge in [-0.15, -0.1) is 0 Å². The number of aromatic nitrogens is 2. The standard InChI is InChI=1S/C37H36N2O/c1-22-17-26(20-37(5,6)7)12-15-28(22)27-13-16-29(23(2)18-27)33-19-34(38-21-24(33)3)32-10-8-9-30-31-14-11-25(4)39-36(31)40-35(30)32/h8-19,21H,20H2,1-7H3/i1D3,2D3,3D3,4D3. The van der Waals surface area contributed by atoms with Gasteiger partial charge in [0, 0.05) is 44.7 Å². The van der Waals surface area contributed by atoms with Gasteiger partial charge in [-0.25, -0.2) is 4.98 Å². The highest BCUT2D eigenvalue weighted by Gasteiger charge is 2.17. The van der Waals surface area contributed by atoms with Crippen LogP contribution in [0.5, 0.6) is 0 Å². The molecule has 0 saturated carbocycles. The number of rotatable bonds is 4. The fourth-order valence-electron chi connectivity index (χ4n) is 5.22. The molecule has 0 saturated heterocycles. The maximum atomic E-state index is 8.51. The maximum absolute atomic E-state index is 8.51. The highest BCUT2D eigenvalue weighted by Crippen LogP contribution is 2.38. The molecule has 0 fully saturated rings. The molecular weight excluding hydrogens is 488 g/mol. The first-order chi connectivity index (χ1) is 23.9. The fraction of sp³-hybridized carbons (Fsp3) is 0.243. The molecular formula is C37H36N2O. The van der Waals surface area contributed by atoms with E-state index in [9.17, 15) is 0 Å². The number of furan rings is 1. The fourth-order valence-corrected chi connectivity index (χ4v) is 5.22. The third-order valence-corrected chi connectivity index (χ3v) is 6.98. The van der Waals surface area contributed by atoms with Crippen LogP contribution in [0.15, 0.2) is 83.4 Å². The normalized spacial score (nSPS) is 17.7. The first-order valence-corrected chi connectivity index (χ1v) is 13.0. The minimum absolute atomic E-state index is 0.0901. The Labute approximate surface area is 253 Å². The zero-order valence-corrected chi connectivity index (χ0v) is 22.5. The lowest BCUT2D eigenvalue weighted by atomic mass is 9.86. The van der Waals surface area contributed by atoms with E-state index in [2.05, 4.69) is 30.7 Å². The van der Waals surface area contributed by atoms with Gasteiger partial charge in [0.2, 0.25) is 5.71 Å². The topological polar surface area (TPSA) is 38.9 Å². The van der Waals surface area contributed by atoms with Gasteiger partial charge in [-0.1, -0.05) is 69.3 Å². The molecule has 3 heterocycles. The monoisotopic (exact) mass is 536 g/mol. The van der Waals surface area contributed by atoms with Crippen LogP contribution < -0.4 is 0 Å². The third kappa shape index (κ3) is 4.81. The molecule has 0 aliphatic carbocycles. The summed E-state index contributed by atoms with van der Waals surface area (Å²) in [5, 5.41) is 1.21. The van der Waals surface area contributed by atoms with Gasteiger partial charge in [-0.2, -0.15) is 0 Å². The predicted molar refractivity (Wildman–Crippen MR) is 168 cm³/mol. The van der Waals surface area contributed by atoms with Crippen LogP contribution in [0.2, 0.25) is 0 Å². The van der Waals surface area contributed by atoms with Gasteiger partial charge in [0.1, 0.15) is 5.58 Å². The molecule has 3 nitrogen and oxygen atoms in total. The molecule has 3 heteroatoms. The number of benzene rings is 3. The molecule has 3 aromatic carbocycles. The Bertz CT molecular complexity index is 2320. The first-order valence-electron chi connectivity index (χ1n) is 19.0. The molecule has 0 aliphatic heterocycles. The van der Waals surface area contributed by atoms with Crippen molar-refractivity contribution in [2.75, 3.05) is 0 Å². The maximum Gasteiger partial charge on any atom is 0.227 e. The Balaban J connectivity index is 1.55. The average Bonchev–Trinajstić information content (AvgIpc) is 3.40. The smallest absolute Gasteiger partial charge is 0.227 e. The molecule has 6 aromatic rings. The van der Waals surface area contributed by atoms with E-state index >= 15 is 0 Å². The van der Waals surface area contributed by atoms with Gasteiger partial charge in [0.05, 0.1) is 5.69 Å². The van der Waals surface area contributed by atoms with E-state index in [1.165, 1.54) is 30.5 Å². The number of pyridine rings is 2. The number of para-hydroxylation sites is 1. The lowest BCUT2D eigenvalue weighted by Gasteiger charge is -2.19. The van der Waals surface area contributed by atoms with Gasteiger partial charge in [0.15, 0.2) is 0 Å². The first kappa shape index (κ1) is 15.5. The second kappa shape index (κ2) is 9.75. The summed E-state index contributed by atoms with van der Waals surface area (Å²) in [6.45, 7) is -4.16. The van der Waals surface area contributed by atoms with Gasteiger partial charge >= 0.3 is 0 Å². The number of hydrogen-bond donors (Lipinski definition) is 0. The van der Waals surface area contributed by atoms with Gasteiger partial charge in [-0.05, 0) is 108 Å². The number of fused-ring (bicyclic) bond motifs is 3.